The van der Waals surface area contributed by atoms with Gasteiger partial charge in [-0.05, 0) is 67.5 Å². The fourth-order valence-electron chi connectivity index (χ4n) is 7.76. The number of carbonyl (C=O) groups is 2. The van der Waals surface area contributed by atoms with Crippen LogP contribution in [0.15, 0.2) is 54.7 Å². The first kappa shape index (κ1) is 25.3. The van der Waals surface area contributed by atoms with Crippen LogP contribution in [0, 0.1) is 11.7 Å². The number of anilines is 1. The SMILES string of the molecule is O=C(O)c1ccn2c3c(nc2c1)[C@H]1[C@@H](CC3)N(CC2CC2)[C@]2(C(=O)Nc3cc(Cl)ccc32)[C@@H]1c1cccc(Cl)c1F. The molecule has 2 fully saturated rings. The van der Waals surface area contributed by atoms with Crippen LogP contribution in [0.3, 0.4) is 0 Å². The summed E-state index contributed by atoms with van der Waals surface area (Å²) in [7, 11) is 0. The Morgan fingerprint density at radius 3 is 2.76 bits per heavy atom. The van der Waals surface area contributed by atoms with Crippen molar-refractivity contribution >= 4 is 46.4 Å². The van der Waals surface area contributed by atoms with Gasteiger partial charge in [-0.15, -0.1) is 0 Å². The summed E-state index contributed by atoms with van der Waals surface area (Å²) in [4.78, 5) is 33.5. The van der Waals surface area contributed by atoms with Crippen LogP contribution in [0.25, 0.3) is 5.65 Å². The van der Waals surface area contributed by atoms with Gasteiger partial charge in [0.05, 0.1) is 16.3 Å². The molecule has 208 valence electrons. The molecule has 1 saturated heterocycles. The molecule has 4 atom stereocenters. The van der Waals surface area contributed by atoms with Crippen molar-refractivity contribution in [3.05, 3.63) is 98.7 Å². The second-order valence-corrected chi connectivity index (χ2v) is 12.5. The molecule has 2 aromatic heterocycles. The lowest BCUT2D eigenvalue weighted by atomic mass is 9.68. The first-order chi connectivity index (χ1) is 19.8. The Morgan fingerprint density at radius 2 is 1.98 bits per heavy atom. The minimum atomic E-state index is -1.20. The summed E-state index contributed by atoms with van der Waals surface area (Å²) in [5.74, 6) is -2.29. The minimum Gasteiger partial charge on any atom is -0.478 e. The average molecular weight is 591 g/mol. The molecule has 8 rings (SSSR count). The van der Waals surface area contributed by atoms with Crippen molar-refractivity contribution in [3.8, 4) is 0 Å². The molecule has 1 amide bonds. The Bertz CT molecular complexity index is 1800. The van der Waals surface area contributed by atoms with Crippen LogP contribution in [0.1, 0.15) is 64.0 Å². The van der Waals surface area contributed by atoms with E-state index in [9.17, 15) is 14.7 Å². The van der Waals surface area contributed by atoms with Crippen LogP contribution in [-0.2, 0) is 16.8 Å². The lowest BCUT2D eigenvalue weighted by Gasteiger charge is -2.40. The number of aromatic nitrogens is 2. The van der Waals surface area contributed by atoms with E-state index in [1.165, 1.54) is 6.07 Å². The van der Waals surface area contributed by atoms with Crippen molar-refractivity contribution in [3.63, 3.8) is 0 Å². The number of benzene rings is 2. The maximum atomic E-state index is 16.1. The number of pyridine rings is 1. The summed E-state index contributed by atoms with van der Waals surface area (Å²) in [6.07, 6.45) is 5.36. The molecular weight excluding hydrogens is 566 g/mol. The zero-order chi connectivity index (χ0) is 28.2. The number of carboxylic acid groups (broad SMARTS) is 1. The van der Waals surface area contributed by atoms with Crippen molar-refractivity contribution in [1.29, 1.82) is 0 Å². The van der Waals surface area contributed by atoms with E-state index in [-0.39, 0.29) is 28.5 Å². The van der Waals surface area contributed by atoms with E-state index in [1.807, 2.05) is 10.5 Å². The third kappa shape index (κ3) is 3.44. The van der Waals surface area contributed by atoms with Gasteiger partial charge in [-0.25, -0.2) is 14.2 Å². The first-order valence-corrected chi connectivity index (χ1v) is 14.6. The fourth-order valence-corrected chi connectivity index (χ4v) is 8.12. The fraction of sp³-hybridized carbons (Fsp3) is 0.323. The molecule has 2 N–H and O–H groups in total. The monoisotopic (exact) mass is 590 g/mol. The van der Waals surface area contributed by atoms with Crippen LogP contribution in [0.2, 0.25) is 10.0 Å². The molecule has 10 heteroatoms. The number of carboxylic acids is 1. The highest BCUT2D eigenvalue weighted by atomic mass is 35.5. The number of rotatable bonds is 4. The Labute approximate surface area is 244 Å². The summed E-state index contributed by atoms with van der Waals surface area (Å²) in [5.41, 5.74) is 3.00. The number of fused-ring (bicyclic) bond motifs is 7. The summed E-state index contributed by atoms with van der Waals surface area (Å²) in [5, 5.41) is 13.2. The van der Waals surface area contributed by atoms with Gasteiger partial charge in [-0.2, -0.15) is 0 Å². The number of likely N-dealkylation sites (tertiary alicyclic amines) is 1. The summed E-state index contributed by atoms with van der Waals surface area (Å²) in [6, 6.07) is 13.5. The van der Waals surface area contributed by atoms with Gasteiger partial charge in [0.15, 0.2) is 0 Å². The number of nitrogens with one attached hydrogen (secondary N) is 1. The predicted octanol–water partition coefficient (Wildman–Crippen LogP) is 6.23. The smallest absolute Gasteiger partial charge is 0.335 e. The van der Waals surface area contributed by atoms with Gasteiger partial charge in [0, 0.05) is 52.6 Å². The molecule has 2 aliphatic carbocycles. The van der Waals surface area contributed by atoms with Gasteiger partial charge in [0.1, 0.15) is 17.0 Å². The lowest BCUT2D eigenvalue weighted by Crippen LogP contribution is -2.52. The number of carbonyl (C=O) groups excluding carboxylic acids is 1. The highest BCUT2D eigenvalue weighted by Crippen LogP contribution is 2.65. The quantitative estimate of drug-likeness (QED) is 0.294. The van der Waals surface area contributed by atoms with E-state index in [4.69, 9.17) is 28.2 Å². The second-order valence-electron chi connectivity index (χ2n) is 11.7. The van der Waals surface area contributed by atoms with Crippen LogP contribution in [-0.4, -0.2) is 43.9 Å². The van der Waals surface area contributed by atoms with E-state index >= 15 is 4.39 Å². The zero-order valence-corrected chi connectivity index (χ0v) is 23.3. The van der Waals surface area contributed by atoms with Gasteiger partial charge in [-0.1, -0.05) is 41.4 Å². The van der Waals surface area contributed by atoms with E-state index in [2.05, 4.69) is 10.2 Å². The molecule has 2 aromatic carbocycles. The maximum absolute atomic E-state index is 16.1. The Balaban J connectivity index is 1.43. The number of hydrogen-bond donors (Lipinski definition) is 2. The maximum Gasteiger partial charge on any atom is 0.335 e. The molecule has 0 unspecified atom stereocenters. The molecule has 0 bridgehead atoms. The molecule has 4 aromatic rings. The zero-order valence-electron chi connectivity index (χ0n) is 21.8. The van der Waals surface area contributed by atoms with Gasteiger partial charge in [0.2, 0.25) is 5.91 Å². The standard InChI is InChI=1S/C31H25Cl2FN4O3/c32-17-6-7-19-21(13-17)35-30(41)31(19)26(18-2-1-3-20(33)27(18)34)25-22(38(31)14-15-4-5-15)8-9-23-28(25)36-24-12-16(29(39)40)10-11-37(23)24/h1-3,6-7,10-13,15,22,25-26H,4-5,8-9,14H2,(H,35,41)(H,39,40)/t22-,25+,26-,31+/m1/s1. The largest absolute Gasteiger partial charge is 0.478 e. The minimum absolute atomic E-state index is 0.00159. The van der Waals surface area contributed by atoms with E-state index in [0.717, 1.165) is 36.2 Å². The summed E-state index contributed by atoms with van der Waals surface area (Å²) < 4.78 is 18.1. The highest BCUT2D eigenvalue weighted by Gasteiger charge is 2.68. The van der Waals surface area contributed by atoms with Crippen molar-refractivity contribution in [2.45, 2.75) is 49.1 Å². The van der Waals surface area contributed by atoms with Crippen molar-refractivity contribution in [1.82, 2.24) is 14.3 Å². The average Bonchev–Trinajstić information content (AvgIpc) is 3.53. The van der Waals surface area contributed by atoms with Crippen molar-refractivity contribution in [2.24, 2.45) is 5.92 Å². The number of aromatic carboxylic acids is 1. The van der Waals surface area contributed by atoms with Crippen LogP contribution in [0.4, 0.5) is 10.1 Å². The first-order valence-electron chi connectivity index (χ1n) is 13.9. The molecule has 7 nitrogen and oxygen atoms in total. The van der Waals surface area contributed by atoms with Crippen LogP contribution in [0.5, 0.6) is 0 Å². The molecular formula is C31H25Cl2FN4O3. The number of amides is 1. The van der Waals surface area contributed by atoms with Crippen molar-refractivity contribution in [2.75, 3.05) is 11.9 Å². The van der Waals surface area contributed by atoms with Crippen molar-refractivity contribution < 1.29 is 19.1 Å². The van der Waals surface area contributed by atoms with Gasteiger partial charge in [0.25, 0.3) is 0 Å². The molecule has 1 spiro atoms. The number of nitrogens with zero attached hydrogens (tertiary/aromatic N) is 3. The molecule has 0 radical (unpaired) electrons. The Hall–Kier alpha value is -3.46. The van der Waals surface area contributed by atoms with Crippen LogP contribution >= 0.6 is 23.2 Å². The lowest BCUT2D eigenvalue weighted by molar-refractivity contribution is -0.128. The summed E-state index contributed by atoms with van der Waals surface area (Å²) >= 11 is 12.7. The molecule has 41 heavy (non-hydrogen) atoms. The van der Waals surface area contributed by atoms with E-state index in [0.29, 0.717) is 40.8 Å². The molecule has 4 heterocycles. The van der Waals surface area contributed by atoms with Crippen LogP contribution < -0.4 is 5.32 Å². The Morgan fingerprint density at radius 1 is 1.15 bits per heavy atom. The number of halogens is 3. The molecule has 4 aliphatic rings. The second kappa shape index (κ2) is 8.77. The highest BCUT2D eigenvalue weighted by molar-refractivity contribution is 6.31. The number of imidazole rings is 1. The normalized spacial score (nSPS) is 26.7. The van der Waals surface area contributed by atoms with E-state index in [1.54, 1.807) is 42.6 Å². The number of aryl methyl sites for hydroxylation is 1. The van der Waals surface area contributed by atoms with Gasteiger partial charge in [-0.3, -0.25) is 9.69 Å². The molecule has 1 saturated carbocycles. The summed E-state index contributed by atoms with van der Waals surface area (Å²) in [6.45, 7) is 0.710. The predicted molar refractivity (Wildman–Crippen MR) is 152 cm³/mol. The topological polar surface area (TPSA) is 86.9 Å². The third-order valence-electron chi connectivity index (χ3n) is 9.53. The van der Waals surface area contributed by atoms with Gasteiger partial charge < -0.3 is 14.8 Å². The number of hydrogen-bond acceptors (Lipinski definition) is 4. The van der Waals surface area contributed by atoms with E-state index < -0.39 is 23.2 Å². The van der Waals surface area contributed by atoms with Gasteiger partial charge >= 0.3 is 5.97 Å². The third-order valence-corrected chi connectivity index (χ3v) is 10.1. The molecule has 2 aliphatic heterocycles. The Kier molecular flexibility index (Phi) is 5.40.